The Morgan fingerprint density at radius 3 is 2.82 bits per heavy atom. The first-order valence-electron chi connectivity index (χ1n) is 5.10. The molecule has 0 aliphatic rings. The van der Waals surface area contributed by atoms with Gasteiger partial charge in [0.25, 0.3) is 0 Å². The fourth-order valence-corrected chi connectivity index (χ4v) is 1.22. The number of benzene rings is 1. The van der Waals surface area contributed by atoms with Crippen molar-refractivity contribution in [2.75, 3.05) is 25.6 Å². The summed E-state index contributed by atoms with van der Waals surface area (Å²) in [7, 11) is 0. The van der Waals surface area contributed by atoms with Crippen LogP contribution in [0.1, 0.15) is 17.3 Å². The van der Waals surface area contributed by atoms with Gasteiger partial charge >= 0.3 is 5.97 Å². The predicted molar refractivity (Wildman–Crippen MR) is 59.3 cm³/mol. The van der Waals surface area contributed by atoms with Gasteiger partial charge in [-0.2, -0.15) is 0 Å². The van der Waals surface area contributed by atoms with Gasteiger partial charge in [0.05, 0.1) is 18.8 Å². The number of hydrogen-bond donors (Lipinski definition) is 2. The van der Waals surface area contributed by atoms with Crippen LogP contribution in [0.5, 0.6) is 5.75 Å². The van der Waals surface area contributed by atoms with E-state index in [1.54, 1.807) is 6.92 Å². The fraction of sp³-hybridized carbons (Fsp3) is 0.364. The van der Waals surface area contributed by atoms with Crippen molar-refractivity contribution in [1.29, 1.82) is 0 Å². The van der Waals surface area contributed by atoms with Crippen LogP contribution in [0.4, 0.5) is 10.1 Å². The van der Waals surface area contributed by atoms with Crippen LogP contribution in [-0.4, -0.2) is 30.9 Å². The van der Waals surface area contributed by atoms with E-state index in [0.29, 0.717) is 0 Å². The monoisotopic (exact) mass is 243 g/mol. The molecule has 5 nitrogen and oxygen atoms in total. The third-order valence-electron chi connectivity index (χ3n) is 1.95. The number of aliphatic hydroxyl groups excluding tert-OH is 1. The average molecular weight is 243 g/mol. The molecule has 1 aromatic carbocycles. The van der Waals surface area contributed by atoms with E-state index in [-0.39, 0.29) is 36.8 Å². The smallest absolute Gasteiger partial charge is 0.340 e. The molecule has 0 fully saturated rings. The summed E-state index contributed by atoms with van der Waals surface area (Å²) in [6.07, 6.45) is 0. The molecule has 0 spiro atoms. The maximum atomic E-state index is 13.4. The zero-order valence-corrected chi connectivity index (χ0v) is 9.40. The molecule has 0 aliphatic carbocycles. The van der Waals surface area contributed by atoms with Gasteiger partial charge in [0.2, 0.25) is 0 Å². The second-order valence-corrected chi connectivity index (χ2v) is 3.16. The minimum absolute atomic E-state index is 0.0164. The Bertz CT molecular complexity index is 409. The molecule has 0 radical (unpaired) electrons. The quantitative estimate of drug-likeness (QED) is 0.594. The van der Waals surface area contributed by atoms with E-state index >= 15 is 0 Å². The van der Waals surface area contributed by atoms with Crippen LogP contribution < -0.4 is 10.5 Å². The number of ether oxygens (including phenoxy) is 2. The lowest BCUT2D eigenvalue weighted by atomic mass is 10.1. The molecule has 0 unspecified atom stereocenters. The van der Waals surface area contributed by atoms with Crippen molar-refractivity contribution in [3.8, 4) is 5.75 Å². The van der Waals surface area contributed by atoms with Crippen molar-refractivity contribution in [2.24, 2.45) is 0 Å². The highest BCUT2D eigenvalue weighted by atomic mass is 19.1. The van der Waals surface area contributed by atoms with Crippen LogP contribution in [0.25, 0.3) is 0 Å². The number of rotatable bonds is 5. The Hall–Kier alpha value is -1.82. The van der Waals surface area contributed by atoms with Gasteiger partial charge in [0.1, 0.15) is 6.61 Å². The molecule has 6 heteroatoms. The number of esters is 1. The van der Waals surface area contributed by atoms with Crippen LogP contribution >= 0.6 is 0 Å². The van der Waals surface area contributed by atoms with E-state index in [9.17, 15) is 9.18 Å². The molecule has 94 valence electrons. The zero-order chi connectivity index (χ0) is 12.8. The molecule has 0 atom stereocenters. The Morgan fingerprint density at radius 1 is 1.53 bits per heavy atom. The zero-order valence-electron chi connectivity index (χ0n) is 9.40. The molecule has 0 amide bonds. The molecular formula is C11H14FNO4. The maximum Gasteiger partial charge on any atom is 0.340 e. The molecule has 1 aromatic rings. The van der Waals surface area contributed by atoms with Gasteiger partial charge < -0.3 is 20.3 Å². The second-order valence-electron chi connectivity index (χ2n) is 3.16. The van der Waals surface area contributed by atoms with Crippen LogP contribution in [0, 0.1) is 5.82 Å². The first-order valence-corrected chi connectivity index (χ1v) is 5.10. The summed E-state index contributed by atoms with van der Waals surface area (Å²) >= 11 is 0. The normalized spacial score (nSPS) is 10.1. The van der Waals surface area contributed by atoms with Gasteiger partial charge in [0, 0.05) is 11.8 Å². The third kappa shape index (κ3) is 3.32. The minimum Gasteiger partial charge on any atom is -0.488 e. The standard InChI is InChI=1S/C11H14FNO4/c1-2-16-11(15)7-5-10(17-4-3-14)8(12)6-9(7)13/h5-6,14H,2-4,13H2,1H3. The van der Waals surface area contributed by atoms with E-state index in [1.807, 2.05) is 0 Å². The summed E-state index contributed by atoms with van der Waals surface area (Å²) in [6, 6.07) is 2.15. The van der Waals surface area contributed by atoms with Gasteiger partial charge in [-0.05, 0) is 13.0 Å². The molecular weight excluding hydrogens is 229 g/mol. The predicted octanol–water partition coefficient (Wildman–Crippen LogP) is 0.956. The highest BCUT2D eigenvalue weighted by molar-refractivity contribution is 5.95. The number of halogens is 1. The third-order valence-corrected chi connectivity index (χ3v) is 1.95. The van der Waals surface area contributed by atoms with Crippen molar-refractivity contribution in [1.82, 2.24) is 0 Å². The van der Waals surface area contributed by atoms with Crippen molar-refractivity contribution in [3.05, 3.63) is 23.5 Å². The lowest BCUT2D eigenvalue weighted by Crippen LogP contribution is -2.10. The molecule has 17 heavy (non-hydrogen) atoms. The highest BCUT2D eigenvalue weighted by Gasteiger charge is 2.15. The summed E-state index contributed by atoms with van der Waals surface area (Å²) < 4.78 is 23.0. The number of hydrogen-bond acceptors (Lipinski definition) is 5. The SMILES string of the molecule is CCOC(=O)c1cc(OCCO)c(F)cc1N. The van der Waals surface area contributed by atoms with Crippen molar-refractivity contribution in [2.45, 2.75) is 6.92 Å². The van der Waals surface area contributed by atoms with Crippen LogP contribution in [0.3, 0.4) is 0 Å². The summed E-state index contributed by atoms with van der Waals surface area (Å²) in [4.78, 5) is 11.5. The van der Waals surface area contributed by atoms with Crippen molar-refractivity contribution in [3.63, 3.8) is 0 Å². The largest absolute Gasteiger partial charge is 0.488 e. The van der Waals surface area contributed by atoms with E-state index in [4.69, 9.17) is 20.3 Å². The summed E-state index contributed by atoms with van der Waals surface area (Å²) in [5.41, 5.74) is 5.53. The first-order chi connectivity index (χ1) is 8.10. The van der Waals surface area contributed by atoms with E-state index in [2.05, 4.69) is 0 Å². The number of nitrogens with two attached hydrogens (primary N) is 1. The Kier molecular flexibility index (Phi) is 4.71. The van der Waals surface area contributed by atoms with Crippen LogP contribution in [0.2, 0.25) is 0 Å². The molecule has 3 N–H and O–H groups in total. The van der Waals surface area contributed by atoms with Crippen LogP contribution in [0.15, 0.2) is 12.1 Å². The minimum atomic E-state index is -0.691. The van der Waals surface area contributed by atoms with Gasteiger partial charge in [-0.15, -0.1) is 0 Å². The summed E-state index contributed by atoms with van der Waals surface area (Å²) in [5.74, 6) is -1.47. The maximum absolute atomic E-state index is 13.4. The number of aliphatic hydroxyl groups is 1. The average Bonchev–Trinajstić information content (AvgIpc) is 2.28. The molecule has 0 heterocycles. The molecule has 0 bridgehead atoms. The lowest BCUT2D eigenvalue weighted by Gasteiger charge is -2.10. The Labute approximate surface area is 97.9 Å². The van der Waals surface area contributed by atoms with E-state index in [0.717, 1.165) is 6.07 Å². The van der Waals surface area contributed by atoms with Crippen LogP contribution in [-0.2, 0) is 4.74 Å². The topological polar surface area (TPSA) is 81.8 Å². The molecule has 1 rings (SSSR count). The fourth-order valence-electron chi connectivity index (χ4n) is 1.22. The van der Waals surface area contributed by atoms with E-state index < -0.39 is 11.8 Å². The summed E-state index contributed by atoms with van der Waals surface area (Å²) in [6.45, 7) is 1.53. The lowest BCUT2D eigenvalue weighted by molar-refractivity contribution is 0.0527. The Morgan fingerprint density at radius 2 is 2.24 bits per heavy atom. The molecule has 0 saturated heterocycles. The second kappa shape index (κ2) is 6.05. The Balaban J connectivity index is 3.01. The van der Waals surface area contributed by atoms with Gasteiger partial charge in [-0.3, -0.25) is 0 Å². The van der Waals surface area contributed by atoms with Gasteiger partial charge in [0.15, 0.2) is 11.6 Å². The number of nitrogen functional groups attached to an aromatic ring is 1. The van der Waals surface area contributed by atoms with Crippen molar-refractivity contribution >= 4 is 11.7 Å². The molecule has 0 aromatic heterocycles. The number of carbonyl (C=O) groups excluding carboxylic acids is 1. The number of anilines is 1. The van der Waals surface area contributed by atoms with Gasteiger partial charge in [-0.1, -0.05) is 0 Å². The first kappa shape index (κ1) is 13.2. The molecule has 0 aliphatic heterocycles. The highest BCUT2D eigenvalue weighted by Crippen LogP contribution is 2.24. The molecule has 0 saturated carbocycles. The summed E-state index contributed by atoms with van der Waals surface area (Å²) in [5, 5.41) is 8.57. The number of carbonyl (C=O) groups is 1. The van der Waals surface area contributed by atoms with Gasteiger partial charge in [-0.25, -0.2) is 9.18 Å². The van der Waals surface area contributed by atoms with E-state index in [1.165, 1.54) is 6.07 Å². The van der Waals surface area contributed by atoms with Crippen molar-refractivity contribution < 1.29 is 23.8 Å².